The van der Waals surface area contributed by atoms with Crippen LogP contribution in [0.5, 0.6) is 11.5 Å². The maximum Gasteiger partial charge on any atom is 0.342 e. The van der Waals surface area contributed by atoms with Gasteiger partial charge in [0.15, 0.2) is 5.78 Å². The summed E-state index contributed by atoms with van der Waals surface area (Å²) >= 11 is 0. The first-order valence-corrected chi connectivity index (χ1v) is 8.32. The maximum absolute atomic E-state index is 11.9. The van der Waals surface area contributed by atoms with E-state index in [9.17, 15) is 14.7 Å². The van der Waals surface area contributed by atoms with Gasteiger partial charge in [-0.15, -0.1) is 0 Å². The van der Waals surface area contributed by atoms with Crippen LogP contribution in [-0.2, 0) is 27.3 Å². The lowest BCUT2D eigenvalue weighted by atomic mass is 9.94. The Morgan fingerprint density at radius 2 is 2.12 bits per heavy atom. The zero-order valence-corrected chi connectivity index (χ0v) is 14.7. The van der Waals surface area contributed by atoms with E-state index in [4.69, 9.17) is 14.2 Å². The first-order chi connectivity index (χ1) is 11.9. The van der Waals surface area contributed by atoms with Crippen molar-refractivity contribution in [2.75, 3.05) is 13.7 Å². The van der Waals surface area contributed by atoms with E-state index in [1.807, 2.05) is 19.9 Å². The van der Waals surface area contributed by atoms with Gasteiger partial charge in [0.1, 0.15) is 29.8 Å². The van der Waals surface area contributed by atoms with Crippen molar-refractivity contribution in [3.63, 3.8) is 0 Å². The van der Waals surface area contributed by atoms with Crippen molar-refractivity contribution in [1.82, 2.24) is 0 Å². The Bertz CT molecular complexity index is 758. The first-order valence-electron chi connectivity index (χ1n) is 8.32. The Morgan fingerprint density at radius 3 is 2.76 bits per heavy atom. The summed E-state index contributed by atoms with van der Waals surface area (Å²) in [5.74, 6) is 0.118. The number of hydrogen-bond donors (Lipinski definition) is 1. The monoisotopic (exact) mass is 346 g/mol. The molecule has 2 aliphatic rings. The SMILES string of the molecule is COc1c(C)c2c(c(O)c1C/C=C(\C)CCC(=O)[C@H]1CO1)C(=O)OC2. The Morgan fingerprint density at radius 1 is 1.40 bits per heavy atom. The largest absolute Gasteiger partial charge is 0.507 e. The van der Waals surface area contributed by atoms with Gasteiger partial charge in [0.05, 0.1) is 13.7 Å². The molecule has 0 aliphatic carbocycles. The summed E-state index contributed by atoms with van der Waals surface area (Å²) in [7, 11) is 1.54. The second kappa shape index (κ2) is 6.88. The average Bonchev–Trinajstić information content (AvgIpc) is 3.37. The van der Waals surface area contributed by atoms with Crippen LogP contribution in [0.25, 0.3) is 0 Å². The van der Waals surface area contributed by atoms with E-state index in [-0.39, 0.29) is 29.8 Å². The number of phenolic OH excluding ortho intramolecular Hbond substituents is 1. The third-order valence-electron chi connectivity index (χ3n) is 4.76. The number of ketones is 1. The van der Waals surface area contributed by atoms with Gasteiger partial charge in [-0.1, -0.05) is 11.6 Å². The number of benzene rings is 1. The van der Waals surface area contributed by atoms with Crippen LogP contribution >= 0.6 is 0 Å². The van der Waals surface area contributed by atoms with Gasteiger partial charge in [0.2, 0.25) is 0 Å². The summed E-state index contributed by atoms with van der Waals surface area (Å²) in [4.78, 5) is 23.6. The van der Waals surface area contributed by atoms with E-state index < -0.39 is 5.97 Å². The maximum atomic E-state index is 11.9. The number of epoxide rings is 1. The van der Waals surface area contributed by atoms with Crippen LogP contribution < -0.4 is 4.74 Å². The molecule has 1 aromatic carbocycles. The third kappa shape index (κ3) is 3.39. The highest BCUT2D eigenvalue weighted by atomic mass is 16.6. The molecule has 1 aromatic rings. The summed E-state index contributed by atoms with van der Waals surface area (Å²) in [6.45, 7) is 4.49. The van der Waals surface area contributed by atoms with E-state index >= 15 is 0 Å². The smallest absolute Gasteiger partial charge is 0.342 e. The number of ether oxygens (including phenoxy) is 3. The van der Waals surface area contributed by atoms with Crippen molar-refractivity contribution >= 4 is 11.8 Å². The van der Waals surface area contributed by atoms with Crippen LogP contribution in [0.3, 0.4) is 0 Å². The van der Waals surface area contributed by atoms with Crippen LogP contribution in [0.4, 0.5) is 0 Å². The molecule has 6 nitrogen and oxygen atoms in total. The van der Waals surface area contributed by atoms with Crippen molar-refractivity contribution in [2.24, 2.45) is 0 Å². The van der Waals surface area contributed by atoms with Crippen molar-refractivity contribution in [3.8, 4) is 11.5 Å². The molecule has 0 amide bonds. The molecule has 1 saturated heterocycles. The van der Waals surface area contributed by atoms with E-state index in [1.165, 1.54) is 0 Å². The molecular formula is C19H22O6. The van der Waals surface area contributed by atoms with E-state index in [1.54, 1.807) is 7.11 Å². The number of esters is 1. The lowest BCUT2D eigenvalue weighted by Crippen LogP contribution is -2.06. The molecule has 2 heterocycles. The number of hydrogen-bond acceptors (Lipinski definition) is 6. The standard InChI is InChI=1S/C19H22O6/c1-10(5-7-14(20)15-9-24-15)4-6-12-17(21)16-13(8-25-19(16)22)11(2)18(12)23-3/h4,15,21H,5-9H2,1-3H3/b10-4+/t15-/m1/s1. The zero-order valence-electron chi connectivity index (χ0n) is 14.7. The van der Waals surface area contributed by atoms with E-state index in [0.717, 1.165) is 11.1 Å². The number of allylic oxidation sites excluding steroid dienone is 2. The summed E-state index contributed by atoms with van der Waals surface area (Å²) < 4.78 is 15.5. The second-order valence-electron chi connectivity index (χ2n) is 6.46. The molecule has 0 saturated carbocycles. The van der Waals surface area contributed by atoms with Crippen LogP contribution in [0.2, 0.25) is 0 Å². The first kappa shape index (κ1) is 17.5. The number of phenols is 1. The molecule has 3 rings (SSSR count). The van der Waals surface area contributed by atoms with Gasteiger partial charge >= 0.3 is 5.97 Å². The number of methoxy groups -OCH3 is 1. The predicted molar refractivity (Wildman–Crippen MR) is 90.0 cm³/mol. The summed E-state index contributed by atoms with van der Waals surface area (Å²) in [5, 5.41) is 10.5. The number of rotatable bonds is 7. The Kier molecular flexibility index (Phi) is 4.81. The van der Waals surface area contributed by atoms with Gasteiger partial charge in [-0.2, -0.15) is 0 Å². The van der Waals surface area contributed by atoms with E-state index in [0.29, 0.717) is 42.7 Å². The number of Topliss-reactive ketones (excluding diaryl/α,β-unsaturated/α-hetero) is 1. The fourth-order valence-electron chi connectivity index (χ4n) is 3.12. The van der Waals surface area contributed by atoms with Crippen molar-refractivity contribution in [3.05, 3.63) is 33.9 Å². The van der Waals surface area contributed by atoms with E-state index in [2.05, 4.69) is 0 Å². The quantitative estimate of drug-likeness (QED) is 0.464. The van der Waals surface area contributed by atoms with Crippen molar-refractivity contribution in [2.45, 2.75) is 45.8 Å². The highest BCUT2D eigenvalue weighted by molar-refractivity contribution is 5.98. The Hall–Kier alpha value is -2.34. The Labute approximate surface area is 146 Å². The second-order valence-corrected chi connectivity index (χ2v) is 6.46. The van der Waals surface area contributed by atoms with Crippen LogP contribution in [0.1, 0.15) is 46.8 Å². The van der Waals surface area contributed by atoms with Gasteiger partial charge in [-0.25, -0.2) is 4.79 Å². The zero-order chi connectivity index (χ0) is 18.1. The molecule has 0 unspecified atom stereocenters. The fourth-order valence-corrected chi connectivity index (χ4v) is 3.12. The summed E-state index contributed by atoms with van der Waals surface area (Å²) in [5.41, 5.74) is 3.33. The van der Waals surface area contributed by atoms with Crippen LogP contribution in [-0.4, -0.2) is 36.7 Å². The van der Waals surface area contributed by atoms with Crippen LogP contribution in [0, 0.1) is 6.92 Å². The number of fused-ring (bicyclic) bond motifs is 1. The number of cyclic esters (lactones) is 1. The van der Waals surface area contributed by atoms with Gasteiger partial charge in [0.25, 0.3) is 0 Å². The predicted octanol–water partition coefficient (Wildman–Crippen LogP) is 2.62. The minimum Gasteiger partial charge on any atom is -0.507 e. The molecule has 1 fully saturated rings. The fraction of sp³-hybridized carbons (Fsp3) is 0.474. The highest BCUT2D eigenvalue weighted by Gasteiger charge is 2.32. The molecule has 0 radical (unpaired) electrons. The molecule has 0 aromatic heterocycles. The molecule has 25 heavy (non-hydrogen) atoms. The number of aromatic hydroxyl groups is 1. The lowest BCUT2D eigenvalue weighted by Gasteiger charge is -2.15. The van der Waals surface area contributed by atoms with Gasteiger partial charge < -0.3 is 19.3 Å². The average molecular weight is 346 g/mol. The van der Waals surface area contributed by atoms with Gasteiger partial charge in [-0.05, 0) is 32.3 Å². The molecule has 0 spiro atoms. The van der Waals surface area contributed by atoms with Gasteiger partial charge in [0, 0.05) is 17.5 Å². The Balaban J connectivity index is 1.80. The number of carbonyl (C=O) groups excluding carboxylic acids is 2. The molecule has 2 aliphatic heterocycles. The number of carbonyl (C=O) groups is 2. The molecule has 1 atom stereocenters. The topological polar surface area (TPSA) is 85.4 Å². The molecule has 6 heteroatoms. The molecule has 134 valence electrons. The minimum absolute atomic E-state index is 0.0774. The lowest BCUT2D eigenvalue weighted by molar-refractivity contribution is -0.120. The van der Waals surface area contributed by atoms with Crippen molar-refractivity contribution in [1.29, 1.82) is 0 Å². The van der Waals surface area contributed by atoms with Crippen LogP contribution in [0.15, 0.2) is 11.6 Å². The molecule has 1 N–H and O–H groups in total. The summed E-state index contributed by atoms with van der Waals surface area (Å²) in [6.07, 6.45) is 3.25. The van der Waals surface area contributed by atoms with Crippen molar-refractivity contribution < 1.29 is 28.9 Å². The third-order valence-corrected chi connectivity index (χ3v) is 4.76. The summed E-state index contributed by atoms with van der Waals surface area (Å²) in [6, 6.07) is 0. The minimum atomic E-state index is -0.504. The molecular weight excluding hydrogens is 324 g/mol. The highest BCUT2D eigenvalue weighted by Crippen LogP contribution is 2.42. The molecule has 0 bridgehead atoms. The normalized spacial score (nSPS) is 18.8. The van der Waals surface area contributed by atoms with Gasteiger partial charge in [-0.3, -0.25) is 4.79 Å².